The minimum absolute atomic E-state index is 0.0198. The number of carbonyl (C=O) groups is 2. The minimum Gasteiger partial charge on any atom is -0.341 e. The molecule has 3 unspecified atom stereocenters. The third kappa shape index (κ3) is 3.83. The van der Waals surface area contributed by atoms with Crippen LogP contribution in [-0.2, 0) is 16.0 Å². The number of nitrogens with one attached hydrogen (secondary N) is 2. The van der Waals surface area contributed by atoms with Crippen molar-refractivity contribution in [2.75, 3.05) is 18.0 Å². The molecule has 7 nitrogen and oxygen atoms in total. The highest BCUT2D eigenvalue weighted by atomic mass is 16.2. The molecular weight excluding hydrogens is 390 g/mol. The van der Waals surface area contributed by atoms with E-state index in [0.717, 1.165) is 30.6 Å². The van der Waals surface area contributed by atoms with Gasteiger partial charge >= 0.3 is 0 Å². The Kier molecular flexibility index (Phi) is 5.46. The number of hydrazine groups is 1. The van der Waals surface area contributed by atoms with E-state index < -0.39 is 0 Å². The molecule has 2 saturated heterocycles. The lowest BCUT2D eigenvalue weighted by Gasteiger charge is -2.35. The van der Waals surface area contributed by atoms with Crippen molar-refractivity contribution < 1.29 is 9.59 Å². The largest absolute Gasteiger partial charge is 0.341 e. The van der Waals surface area contributed by atoms with Crippen molar-refractivity contribution in [1.29, 1.82) is 0 Å². The average Bonchev–Trinajstić information content (AvgIpc) is 3.43. The summed E-state index contributed by atoms with van der Waals surface area (Å²) < 4.78 is 0. The van der Waals surface area contributed by atoms with Gasteiger partial charge in [-0.05, 0) is 56.4 Å². The number of aromatic nitrogens is 1. The van der Waals surface area contributed by atoms with Crippen molar-refractivity contribution in [3.05, 3.63) is 59.9 Å². The maximum absolute atomic E-state index is 13.3. The molecule has 0 radical (unpaired) electrons. The zero-order chi connectivity index (χ0) is 21.4. The smallest absolute Gasteiger partial charge is 0.241 e. The second-order valence-corrected chi connectivity index (χ2v) is 8.87. The fraction of sp³-hybridized carbons (Fsp3) is 0.458. The number of rotatable bonds is 3. The van der Waals surface area contributed by atoms with Crippen LogP contribution in [0.3, 0.4) is 0 Å². The summed E-state index contributed by atoms with van der Waals surface area (Å²) in [6.45, 7) is 3.38. The summed E-state index contributed by atoms with van der Waals surface area (Å²) in [5, 5.41) is 0. The first-order valence-electron chi connectivity index (χ1n) is 11.2. The molecule has 0 aliphatic carbocycles. The molecule has 3 aliphatic rings. The lowest BCUT2D eigenvalue weighted by Crippen LogP contribution is -2.50. The molecule has 3 atom stereocenters. The van der Waals surface area contributed by atoms with E-state index in [0.29, 0.717) is 19.5 Å². The Balaban J connectivity index is 1.17. The lowest BCUT2D eigenvalue weighted by molar-refractivity contribution is -0.136. The first kappa shape index (κ1) is 20.2. The number of hydrogen-bond donors (Lipinski definition) is 2. The normalized spacial score (nSPS) is 26.2. The van der Waals surface area contributed by atoms with Gasteiger partial charge in [0, 0.05) is 36.9 Å². The number of likely N-dealkylation sites (tertiary alicyclic amines) is 1. The van der Waals surface area contributed by atoms with Crippen LogP contribution >= 0.6 is 0 Å². The van der Waals surface area contributed by atoms with Crippen LogP contribution in [0.15, 0.2) is 48.7 Å². The quantitative estimate of drug-likeness (QED) is 0.798. The van der Waals surface area contributed by atoms with Gasteiger partial charge in [0.05, 0.1) is 11.7 Å². The zero-order valence-electron chi connectivity index (χ0n) is 17.8. The summed E-state index contributed by atoms with van der Waals surface area (Å²) in [7, 11) is 0. The number of benzene rings is 1. The summed E-state index contributed by atoms with van der Waals surface area (Å²) in [6, 6.07) is 14.0. The Morgan fingerprint density at radius 2 is 1.77 bits per heavy atom. The monoisotopic (exact) mass is 419 g/mol. The SMILES string of the molecule is CC1Cc2ccccc2N1C(=O)C1CCN(C(=O)C2CC(c3ccccn3)NN2)CC1. The number of anilines is 1. The van der Waals surface area contributed by atoms with Gasteiger partial charge in [0.25, 0.3) is 0 Å². The van der Waals surface area contributed by atoms with Crippen LogP contribution in [0.2, 0.25) is 0 Å². The molecule has 2 amide bonds. The fourth-order valence-electron chi connectivity index (χ4n) is 5.16. The van der Waals surface area contributed by atoms with E-state index in [1.54, 1.807) is 6.20 Å². The average molecular weight is 420 g/mol. The van der Waals surface area contributed by atoms with Gasteiger partial charge in [0.15, 0.2) is 0 Å². The summed E-state index contributed by atoms with van der Waals surface area (Å²) in [5.74, 6) is 0.297. The Morgan fingerprint density at radius 3 is 2.55 bits per heavy atom. The van der Waals surface area contributed by atoms with Gasteiger partial charge in [-0.15, -0.1) is 0 Å². The number of carbonyl (C=O) groups excluding carboxylic acids is 2. The van der Waals surface area contributed by atoms with Gasteiger partial charge in [-0.3, -0.25) is 14.6 Å². The van der Waals surface area contributed by atoms with E-state index in [4.69, 9.17) is 0 Å². The molecule has 3 aliphatic heterocycles. The predicted molar refractivity (Wildman–Crippen MR) is 118 cm³/mol. The van der Waals surface area contributed by atoms with Crippen molar-refractivity contribution >= 4 is 17.5 Å². The van der Waals surface area contributed by atoms with E-state index in [1.165, 1.54) is 5.56 Å². The molecule has 162 valence electrons. The molecule has 31 heavy (non-hydrogen) atoms. The number of nitrogens with zero attached hydrogens (tertiary/aromatic N) is 3. The highest BCUT2D eigenvalue weighted by molar-refractivity contribution is 5.97. The Morgan fingerprint density at radius 1 is 1.00 bits per heavy atom. The maximum Gasteiger partial charge on any atom is 0.241 e. The summed E-state index contributed by atoms with van der Waals surface area (Å²) in [6.07, 6.45) is 4.81. The van der Waals surface area contributed by atoms with Crippen molar-refractivity contribution in [3.63, 3.8) is 0 Å². The summed E-state index contributed by atoms with van der Waals surface area (Å²) >= 11 is 0. The van der Waals surface area contributed by atoms with E-state index in [-0.39, 0.29) is 35.9 Å². The third-order valence-electron chi connectivity index (χ3n) is 6.85. The van der Waals surface area contributed by atoms with E-state index >= 15 is 0 Å². The second kappa shape index (κ2) is 8.40. The Labute approximate surface area is 182 Å². The number of amides is 2. The highest BCUT2D eigenvalue weighted by Gasteiger charge is 2.39. The molecule has 0 bridgehead atoms. The van der Waals surface area contributed by atoms with E-state index in [2.05, 4.69) is 28.8 Å². The molecule has 1 aromatic heterocycles. The second-order valence-electron chi connectivity index (χ2n) is 8.87. The molecule has 1 aromatic carbocycles. The molecule has 2 N–H and O–H groups in total. The van der Waals surface area contributed by atoms with Crippen LogP contribution in [0.5, 0.6) is 0 Å². The van der Waals surface area contributed by atoms with Crippen molar-refractivity contribution in [2.24, 2.45) is 5.92 Å². The van der Waals surface area contributed by atoms with Gasteiger partial charge in [-0.1, -0.05) is 24.3 Å². The Hall–Kier alpha value is -2.77. The first-order valence-corrected chi connectivity index (χ1v) is 11.2. The Bertz CT molecular complexity index is 957. The predicted octanol–water partition coefficient (Wildman–Crippen LogP) is 2.21. The molecular formula is C24H29N5O2. The molecule has 0 saturated carbocycles. The molecule has 7 heteroatoms. The first-order chi connectivity index (χ1) is 15.1. The zero-order valence-corrected chi connectivity index (χ0v) is 17.8. The number of pyridine rings is 1. The minimum atomic E-state index is -0.260. The number of hydrogen-bond acceptors (Lipinski definition) is 5. The van der Waals surface area contributed by atoms with Crippen LogP contribution in [0, 0.1) is 5.92 Å². The van der Waals surface area contributed by atoms with Gasteiger partial charge < -0.3 is 9.80 Å². The van der Waals surface area contributed by atoms with Crippen LogP contribution in [-0.4, -0.2) is 46.9 Å². The van der Waals surface area contributed by atoms with Gasteiger partial charge in [0.2, 0.25) is 11.8 Å². The van der Waals surface area contributed by atoms with Crippen LogP contribution in [0.1, 0.15) is 43.5 Å². The molecule has 2 aromatic rings. The number of fused-ring (bicyclic) bond motifs is 1. The molecule has 4 heterocycles. The topological polar surface area (TPSA) is 77.6 Å². The van der Waals surface area contributed by atoms with Crippen molar-refractivity contribution in [2.45, 2.75) is 50.7 Å². The van der Waals surface area contributed by atoms with Crippen molar-refractivity contribution in [1.82, 2.24) is 20.7 Å². The molecule has 0 spiro atoms. The van der Waals surface area contributed by atoms with Crippen LogP contribution in [0.4, 0.5) is 5.69 Å². The van der Waals surface area contributed by atoms with Gasteiger partial charge in [-0.25, -0.2) is 10.9 Å². The molecule has 2 fully saturated rings. The summed E-state index contributed by atoms with van der Waals surface area (Å²) in [4.78, 5) is 34.6. The summed E-state index contributed by atoms with van der Waals surface area (Å²) in [5.41, 5.74) is 9.59. The van der Waals surface area contributed by atoms with E-state index in [9.17, 15) is 9.59 Å². The van der Waals surface area contributed by atoms with Gasteiger partial charge in [0.1, 0.15) is 6.04 Å². The van der Waals surface area contributed by atoms with Gasteiger partial charge in [-0.2, -0.15) is 0 Å². The van der Waals surface area contributed by atoms with E-state index in [1.807, 2.05) is 46.2 Å². The molecule has 5 rings (SSSR count). The number of para-hydroxylation sites is 1. The highest BCUT2D eigenvalue weighted by Crippen LogP contribution is 2.34. The lowest BCUT2D eigenvalue weighted by atomic mass is 9.94. The van der Waals surface area contributed by atoms with Crippen LogP contribution < -0.4 is 15.8 Å². The van der Waals surface area contributed by atoms with Crippen molar-refractivity contribution in [3.8, 4) is 0 Å². The van der Waals surface area contributed by atoms with Crippen LogP contribution in [0.25, 0.3) is 0 Å². The maximum atomic E-state index is 13.3. The standard InChI is InChI=1S/C24H29N5O2/c1-16-14-18-6-2-3-8-22(18)29(16)23(30)17-9-12-28(13-10-17)24(31)21-15-20(26-27-21)19-7-4-5-11-25-19/h2-8,11,16-17,20-21,26-27H,9-10,12-15H2,1H3. The number of piperidine rings is 1. The third-order valence-corrected chi connectivity index (χ3v) is 6.85. The fourth-order valence-corrected chi connectivity index (χ4v) is 5.16.